The number of amides is 2. The molecule has 0 saturated carbocycles. The number of hydrogen-bond acceptors (Lipinski definition) is 4. The maximum atomic E-state index is 13.3. The van der Waals surface area contributed by atoms with Crippen LogP contribution in [0.4, 0.5) is 15.8 Å². The van der Waals surface area contributed by atoms with Crippen LogP contribution in [-0.4, -0.2) is 29.7 Å². The van der Waals surface area contributed by atoms with Gasteiger partial charge in [-0.2, -0.15) is 0 Å². The molecule has 2 aromatic carbocycles. The van der Waals surface area contributed by atoms with Crippen LogP contribution in [0.25, 0.3) is 6.08 Å². The van der Waals surface area contributed by atoms with E-state index < -0.39 is 29.6 Å². The average Bonchev–Trinajstić information content (AvgIpc) is 3.16. The van der Waals surface area contributed by atoms with Crippen molar-refractivity contribution in [2.45, 2.75) is 19.0 Å². The highest BCUT2D eigenvalue weighted by Gasteiger charge is 2.63. The number of para-hydroxylation sites is 1. The zero-order valence-electron chi connectivity index (χ0n) is 15.1. The van der Waals surface area contributed by atoms with Crippen molar-refractivity contribution in [3.63, 3.8) is 0 Å². The third-order valence-corrected chi connectivity index (χ3v) is 5.92. The molecule has 0 bridgehead atoms. The van der Waals surface area contributed by atoms with Gasteiger partial charge in [0.2, 0.25) is 11.8 Å². The normalized spacial score (nSPS) is 27.6. The maximum absolute atomic E-state index is 13.3. The summed E-state index contributed by atoms with van der Waals surface area (Å²) in [7, 11) is 0. The molecule has 0 spiro atoms. The molecule has 6 heteroatoms. The van der Waals surface area contributed by atoms with Crippen LogP contribution in [-0.2, 0) is 14.4 Å². The predicted molar refractivity (Wildman–Crippen MR) is 102 cm³/mol. The number of carbonyl (C=O) groups is 3. The highest BCUT2D eigenvalue weighted by atomic mass is 19.1. The lowest BCUT2D eigenvalue weighted by Gasteiger charge is -2.36. The van der Waals surface area contributed by atoms with E-state index in [1.165, 1.54) is 31.2 Å². The molecule has 4 atom stereocenters. The van der Waals surface area contributed by atoms with Crippen molar-refractivity contribution >= 4 is 35.0 Å². The van der Waals surface area contributed by atoms with Gasteiger partial charge in [0.1, 0.15) is 11.9 Å². The number of imide groups is 1. The van der Waals surface area contributed by atoms with E-state index in [9.17, 15) is 18.8 Å². The Hall–Kier alpha value is -3.28. The lowest BCUT2D eigenvalue weighted by atomic mass is 9.88. The first-order valence-electron chi connectivity index (χ1n) is 9.18. The smallest absolute Gasteiger partial charge is 0.240 e. The van der Waals surface area contributed by atoms with Crippen LogP contribution in [0.5, 0.6) is 0 Å². The molecule has 3 aliphatic rings. The minimum atomic E-state index is -0.754. The fourth-order valence-electron chi connectivity index (χ4n) is 4.82. The second kappa shape index (κ2) is 5.86. The van der Waals surface area contributed by atoms with Gasteiger partial charge in [-0.25, -0.2) is 9.29 Å². The Balaban J connectivity index is 1.62. The first kappa shape index (κ1) is 16.9. The SMILES string of the molecule is CC(=O)C1C2C(=O)N(c3ccc(F)cc3)C(=O)C2C2C=Cc3ccccc3N21. The molecule has 0 aromatic heterocycles. The Labute approximate surface area is 161 Å². The van der Waals surface area contributed by atoms with Crippen LogP contribution < -0.4 is 9.80 Å². The molecule has 2 saturated heterocycles. The van der Waals surface area contributed by atoms with Gasteiger partial charge in [0, 0.05) is 5.69 Å². The van der Waals surface area contributed by atoms with Crippen LogP contribution in [0, 0.1) is 17.7 Å². The van der Waals surface area contributed by atoms with Crippen molar-refractivity contribution in [2.75, 3.05) is 9.80 Å². The number of benzene rings is 2. The van der Waals surface area contributed by atoms with Crippen molar-refractivity contribution in [1.29, 1.82) is 0 Å². The van der Waals surface area contributed by atoms with Crippen LogP contribution in [0.2, 0.25) is 0 Å². The maximum Gasteiger partial charge on any atom is 0.240 e. The van der Waals surface area contributed by atoms with Gasteiger partial charge in [0.05, 0.1) is 23.6 Å². The predicted octanol–water partition coefficient (Wildman–Crippen LogP) is 2.80. The number of hydrogen-bond donors (Lipinski definition) is 0. The van der Waals surface area contributed by atoms with Gasteiger partial charge < -0.3 is 4.90 Å². The number of ketones is 1. The quantitative estimate of drug-likeness (QED) is 0.757. The van der Waals surface area contributed by atoms with E-state index in [2.05, 4.69) is 0 Å². The standard InChI is InChI=1S/C22H17FN2O3/c1-12(26)20-19-18(17-11-6-13-4-2-3-5-16(13)25(17)20)21(27)24(22(19)28)15-9-7-14(23)8-10-15/h2-11,17-20H,1H3. The number of carbonyl (C=O) groups excluding carboxylic acids is 3. The number of fused-ring (bicyclic) bond motifs is 5. The number of Topliss-reactive ketones (excluding diaryl/α,β-unsaturated/α-hetero) is 1. The van der Waals surface area contributed by atoms with E-state index in [1.54, 1.807) is 0 Å². The number of anilines is 2. The number of rotatable bonds is 2. The zero-order chi connectivity index (χ0) is 19.6. The molecule has 0 aliphatic carbocycles. The summed E-state index contributed by atoms with van der Waals surface area (Å²) in [6.07, 6.45) is 3.84. The van der Waals surface area contributed by atoms with Gasteiger partial charge in [0.15, 0.2) is 5.78 Å². The van der Waals surface area contributed by atoms with Gasteiger partial charge in [-0.3, -0.25) is 14.4 Å². The fraction of sp³-hybridized carbons (Fsp3) is 0.227. The third kappa shape index (κ3) is 2.14. The van der Waals surface area contributed by atoms with Gasteiger partial charge in [-0.1, -0.05) is 30.4 Å². The Morgan fingerprint density at radius 3 is 2.36 bits per heavy atom. The van der Waals surface area contributed by atoms with E-state index in [4.69, 9.17) is 0 Å². The van der Waals surface area contributed by atoms with Gasteiger partial charge in [-0.15, -0.1) is 0 Å². The van der Waals surface area contributed by atoms with Gasteiger partial charge in [0.25, 0.3) is 0 Å². The average molecular weight is 376 g/mol. The second-order valence-corrected chi connectivity index (χ2v) is 7.41. The Morgan fingerprint density at radius 2 is 1.64 bits per heavy atom. The van der Waals surface area contributed by atoms with Crippen LogP contribution in [0.15, 0.2) is 54.6 Å². The molecule has 2 aromatic rings. The molecule has 2 fully saturated rings. The molecule has 0 radical (unpaired) electrons. The minimum absolute atomic E-state index is 0.148. The summed E-state index contributed by atoms with van der Waals surface area (Å²) in [5, 5.41) is 0. The molecular formula is C22H17FN2O3. The van der Waals surface area contributed by atoms with Crippen LogP contribution in [0.3, 0.4) is 0 Å². The van der Waals surface area contributed by atoms with Crippen molar-refractivity contribution in [3.05, 3.63) is 66.0 Å². The van der Waals surface area contributed by atoms with Crippen LogP contribution in [0.1, 0.15) is 12.5 Å². The molecule has 3 aliphatic heterocycles. The second-order valence-electron chi connectivity index (χ2n) is 7.41. The molecule has 3 heterocycles. The molecule has 28 heavy (non-hydrogen) atoms. The molecule has 2 amide bonds. The molecule has 4 unspecified atom stereocenters. The molecule has 0 N–H and O–H groups in total. The summed E-state index contributed by atoms with van der Waals surface area (Å²) in [6.45, 7) is 1.46. The Bertz CT molecular complexity index is 1050. The topological polar surface area (TPSA) is 57.7 Å². The lowest BCUT2D eigenvalue weighted by molar-refractivity contribution is -0.126. The summed E-state index contributed by atoms with van der Waals surface area (Å²) < 4.78 is 13.3. The summed E-state index contributed by atoms with van der Waals surface area (Å²) in [4.78, 5) is 42.1. The number of halogens is 1. The number of nitrogens with zero attached hydrogens (tertiary/aromatic N) is 2. The molecule has 140 valence electrons. The first-order valence-corrected chi connectivity index (χ1v) is 9.18. The van der Waals surface area contributed by atoms with E-state index in [-0.39, 0.29) is 17.7 Å². The highest BCUT2D eigenvalue weighted by molar-refractivity contribution is 6.24. The summed E-state index contributed by atoms with van der Waals surface area (Å²) in [5.41, 5.74) is 2.15. The van der Waals surface area contributed by atoms with Crippen molar-refractivity contribution in [2.24, 2.45) is 11.8 Å². The zero-order valence-corrected chi connectivity index (χ0v) is 15.1. The van der Waals surface area contributed by atoms with Crippen molar-refractivity contribution in [1.82, 2.24) is 0 Å². The highest BCUT2D eigenvalue weighted by Crippen LogP contribution is 2.49. The summed E-state index contributed by atoms with van der Waals surface area (Å²) >= 11 is 0. The summed E-state index contributed by atoms with van der Waals surface area (Å²) in [5.74, 6) is -2.73. The van der Waals surface area contributed by atoms with E-state index >= 15 is 0 Å². The van der Waals surface area contributed by atoms with Crippen LogP contribution >= 0.6 is 0 Å². The van der Waals surface area contributed by atoms with Crippen molar-refractivity contribution < 1.29 is 18.8 Å². The van der Waals surface area contributed by atoms with E-state index in [0.29, 0.717) is 5.69 Å². The molecule has 5 nitrogen and oxygen atoms in total. The molecular weight excluding hydrogens is 359 g/mol. The third-order valence-electron chi connectivity index (χ3n) is 5.92. The van der Waals surface area contributed by atoms with E-state index in [0.717, 1.165) is 16.2 Å². The first-order chi connectivity index (χ1) is 13.5. The van der Waals surface area contributed by atoms with Gasteiger partial charge in [-0.05, 0) is 42.8 Å². The monoisotopic (exact) mass is 376 g/mol. The van der Waals surface area contributed by atoms with Crippen molar-refractivity contribution in [3.8, 4) is 0 Å². The van der Waals surface area contributed by atoms with Gasteiger partial charge >= 0.3 is 0 Å². The Kier molecular flexibility index (Phi) is 3.53. The van der Waals surface area contributed by atoms with E-state index in [1.807, 2.05) is 41.3 Å². The largest absolute Gasteiger partial charge is 0.353 e. The minimum Gasteiger partial charge on any atom is -0.353 e. The lowest BCUT2D eigenvalue weighted by Crippen LogP contribution is -2.48. The fourth-order valence-corrected chi connectivity index (χ4v) is 4.82. The summed E-state index contributed by atoms with van der Waals surface area (Å²) in [6, 6.07) is 11.9. The Morgan fingerprint density at radius 1 is 0.964 bits per heavy atom. The molecule has 5 rings (SSSR count).